The van der Waals surface area contributed by atoms with Crippen LogP contribution in [0.5, 0.6) is 5.75 Å². The number of nitrogens with zero attached hydrogens (tertiary/aromatic N) is 4. The Labute approximate surface area is 192 Å². The second-order valence-corrected chi connectivity index (χ2v) is 8.15. The van der Waals surface area contributed by atoms with Crippen molar-refractivity contribution in [1.29, 1.82) is 0 Å². The van der Waals surface area contributed by atoms with Crippen LogP contribution >= 0.6 is 11.6 Å². The van der Waals surface area contributed by atoms with E-state index in [9.17, 15) is 0 Å². The van der Waals surface area contributed by atoms with E-state index in [1.54, 1.807) is 0 Å². The minimum Gasteiger partial charge on any atom is -0.494 e. The highest BCUT2D eigenvalue weighted by atomic mass is 35.5. The molecule has 0 radical (unpaired) electrons. The summed E-state index contributed by atoms with van der Waals surface area (Å²) in [6.07, 6.45) is 4.58. The number of halogens is 1. The Bertz CT molecular complexity index is 1170. The predicted molar refractivity (Wildman–Crippen MR) is 127 cm³/mol. The molecular weight excluding hydrogens is 424 g/mol. The Kier molecular flexibility index (Phi) is 6.34. The molecule has 6 nitrogen and oxygen atoms in total. The molecule has 1 saturated heterocycles. The average Bonchev–Trinajstić information content (AvgIpc) is 3.25. The van der Waals surface area contributed by atoms with Gasteiger partial charge in [-0.3, -0.25) is 4.90 Å². The van der Waals surface area contributed by atoms with Crippen LogP contribution in [0.25, 0.3) is 27.8 Å². The predicted octanol–water partition coefficient (Wildman–Crippen LogP) is 4.84. The number of aromatic nitrogens is 3. The third kappa shape index (κ3) is 4.48. The van der Waals surface area contributed by atoms with E-state index in [1.807, 2.05) is 47.0 Å². The van der Waals surface area contributed by atoms with Crippen LogP contribution in [0, 0.1) is 0 Å². The van der Waals surface area contributed by atoms with E-state index in [1.165, 1.54) is 6.33 Å². The van der Waals surface area contributed by atoms with Crippen LogP contribution in [0.2, 0.25) is 5.15 Å². The number of benzene rings is 2. The Balaban J connectivity index is 1.33. The number of hydrogen-bond acceptors (Lipinski definition) is 5. The maximum atomic E-state index is 6.46. The number of fused-ring (bicyclic) bond motifs is 1. The Morgan fingerprint density at radius 1 is 0.969 bits per heavy atom. The smallest absolute Gasteiger partial charge is 0.157 e. The molecule has 32 heavy (non-hydrogen) atoms. The van der Waals surface area contributed by atoms with Crippen molar-refractivity contribution in [1.82, 2.24) is 19.4 Å². The van der Waals surface area contributed by atoms with Gasteiger partial charge in [0.15, 0.2) is 5.15 Å². The summed E-state index contributed by atoms with van der Waals surface area (Å²) in [6.45, 7) is 5.43. The lowest BCUT2D eigenvalue weighted by atomic mass is 10.1. The molecule has 0 atom stereocenters. The molecule has 0 aliphatic carbocycles. The lowest BCUT2D eigenvalue weighted by molar-refractivity contribution is 0.0358. The van der Waals surface area contributed by atoms with Gasteiger partial charge in [0, 0.05) is 37.1 Å². The molecule has 4 aromatic rings. The fourth-order valence-corrected chi connectivity index (χ4v) is 4.28. The highest BCUT2D eigenvalue weighted by molar-refractivity contribution is 6.34. The van der Waals surface area contributed by atoms with Crippen LogP contribution in [-0.2, 0) is 4.74 Å². The van der Waals surface area contributed by atoms with Crippen LogP contribution < -0.4 is 4.74 Å². The molecule has 2 aromatic heterocycles. The van der Waals surface area contributed by atoms with Crippen molar-refractivity contribution in [3.05, 3.63) is 72.3 Å². The first-order chi connectivity index (χ1) is 15.8. The van der Waals surface area contributed by atoms with Crippen molar-refractivity contribution in [2.24, 2.45) is 0 Å². The summed E-state index contributed by atoms with van der Waals surface area (Å²) in [6, 6.07) is 18.2. The second kappa shape index (κ2) is 9.69. The maximum absolute atomic E-state index is 6.46. The van der Waals surface area contributed by atoms with Gasteiger partial charge in [0.25, 0.3) is 0 Å². The summed E-state index contributed by atoms with van der Waals surface area (Å²) >= 11 is 6.46. The molecule has 0 spiro atoms. The maximum Gasteiger partial charge on any atom is 0.157 e. The van der Waals surface area contributed by atoms with E-state index in [0.717, 1.165) is 72.9 Å². The lowest BCUT2D eigenvalue weighted by Gasteiger charge is -2.26. The average molecular weight is 449 g/mol. The molecule has 3 heterocycles. The first kappa shape index (κ1) is 20.9. The van der Waals surface area contributed by atoms with Crippen LogP contribution in [0.15, 0.2) is 67.1 Å². The monoisotopic (exact) mass is 448 g/mol. The zero-order valence-corrected chi connectivity index (χ0v) is 18.5. The molecule has 1 fully saturated rings. The van der Waals surface area contributed by atoms with Crippen LogP contribution in [-0.4, -0.2) is 58.9 Å². The third-order valence-electron chi connectivity index (χ3n) is 5.72. The van der Waals surface area contributed by atoms with E-state index in [-0.39, 0.29) is 0 Å². The summed E-state index contributed by atoms with van der Waals surface area (Å²) in [4.78, 5) is 11.1. The van der Waals surface area contributed by atoms with Crippen molar-refractivity contribution in [2.45, 2.75) is 6.42 Å². The zero-order chi connectivity index (χ0) is 21.8. The minimum atomic E-state index is 0.435. The van der Waals surface area contributed by atoms with Gasteiger partial charge in [-0.05, 0) is 36.2 Å². The largest absolute Gasteiger partial charge is 0.494 e. The molecule has 0 unspecified atom stereocenters. The fraction of sp³-hybridized carbons (Fsp3) is 0.280. The van der Waals surface area contributed by atoms with Crippen molar-refractivity contribution >= 4 is 22.6 Å². The molecule has 5 rings (SSSR count). The molecule has 1 aliphatic rings. The molecule has 0 bridgehead atoms. The van der Waals surface area contributed by atoms with Crippen molar-refractivity contribution in [3.8, 4) is 22.6 Å². The highest BCUT2D eigenvalue weighted by Crippen LogP contribution is 2.34. The van der Waals surface area contributed by atoms with Gasteiger partial charge in [-0.15, -0.1) is 0 Å². The summed E-state index contributed by atoms with van der Waals surface area (Å²) < 4.78 is 13.4. The molecule has 1 aliphatic heterocycles. The molecule has 0 saturated carbocycles. The summed E-state index contributed by atoms with van der Waals surface area (Å²) in [5.41, 5.74) is 4.71. The van der Waals surface area contributed by atoms with Crippen molar-refractivity contribution in [3.63, 3.8) is 0 Å². The molecule has 164 valence electrons. The molecule has 0 N–H and O–H groups in total. The van der Waals surface area contributed by atoms with Crippen molar-refractivity contribution < 1.29 is 9.47 Å². The van der Waals surface area contributed by atoms with E-state index in [2.05, 4.69) is 33.2 Å². The van der Waals surface area contributed by atoms with Crippen molar-refractivity contribution in [2.75, 3.05) is 39.5 Å². The third-order valence-corrected chi connectivity index (χ3v) is 6.00. The number of para-hydroxylation sites is 1. The fourth-order valence-electron chi connectivity index (χ4n) is 4.06. The summed E-state index contributed by atoms with van der Waals surface area (Å²) in [7, 11) is 0. The van der Waals surface area contributed by atoms with Crippen LogP contribution in [0.3, 0.4) is 0 Å². The standard InChI is InChI=1S/C25H25ClN4O2/c26-25-24-23(27-18-28-25)22(17-30(24)20-5-2-1-3-6-20)19-7-9-21(10-8-19)32-14-4-11-29-12-15-31-16-13-29/h1-3,5-10,17-18H,4,11-16H2. The number of rotatable bonds is 7. The minimum absolute atomic E-state index is 0.435. The second-order valence-electron chi connectivity index (χ2n) is 7.79. The quantitative estimate of drug-likeness (QED) is 0.299. The molecule has 7 heteroatoms. The molecule has 0 amide bonds. The normalized spacial score (nSPS) is 14.7. The van der Waals surface area contributed by atoms with Gasteiger partial charge in [0.1, 0.15) is 23.1 Å². The van der Waals surface area contributed by atoms with Gasteiger partial charge >= 0.3 is 0 Å². The Morgan fingerprint density at radius 2 is 1.75 bits per heavy atom. The lowest BCUT2D eigenvalue weighted by Crippen LogP contribution is -2.37. The van der Waals surface area contributed by atoms with Gasteiger partial charge < -0.3 is 14.0 Å². The van der Waals surface area contributed by atoms with E-state index in [4.69, 9.17) is 21.1 Å². The van der Waals surface area contributed by atoms with Gasteiger partial charge in [-0.2, -0.15) is 0 Å². The topological polar surface area (TPSA) is 52.4 Å². The van der Waals surface area contributed by atoms with Crippen LogP contribution in [0.4, 0.5) is 0 Å². The van der Waals surface area contributed by atoms with Gasteiger partial charge in [-0.1, -0.05) is 41.9 Å². The summed E-state index contributed by atoms with van der Waals surface area (Å²) in [5.74, 6) is 0.871. The van der Waals surface area contributed by atoms with Crippen LogP contribution in [0.1, 0.15) is 6.42 Å². The van der Waals surface area contributed by atoms with Gasteiger partial charge in [0.05, 0.1) is 19.8 Å². The number of ether oxygens (including phenoxy) is 2. The van der Waals surface area contributed by atoms with E-state index < -0.39 is 0 Å². The van der Waals surface area contributed by atoms with E-state index in [0.29, 0.717) is 11.8 Å². The van der Waals surface area contributed by atoms with Gasteiger partial charge in [-0.25, -0.2) is 9.97 Å². The highest BCUT2D eigenvalue weighted by Gasteiger charge is 2.16. The zero-order valence-electron chi connectivity index (χ0n) is 17.8. The molecular formula is C25H25ClN4O2. The Hall–Kier alpha value is -2.93. The Morgan fingerprint density at radius 3 is 2.53 bits per heavy atom. The number of hydrogen-bond donors (Lipinski definition) is 0. The molecule has 2 aromatic carbocycles. The SMILES string of the molecule is Clc1ncnc2c(-c3ccc(OCCCN4CCOCC4)cc3)cn(-c3ccccc3)c12. The summed E-state index contributed by atoms with van der Waals surface area (Å²) in [5, 5.41) is 0.435. The first-order valence-electron chi connectivity index (χ1n) is 10.9. The van der Waals surface area contributed by atoms with Gasteiger partial charge in [0.2, 0.25) is 0 Å². The number of morpholine rings is 1. The van der Waals surface area contributed by atoms with E-state index >= 15 is 0 Å². The first-order valence-corrected chi connectivity index (χ1v) is 11.3.